The van der Waals surface area contributed by atoms with Crippen molar-refractivity contribution >= 4 is 17.4 Å². The number of thiazole rings is 1. The molecule has 118 valence electrons. The summed E-state index contributed by atoms with van der Waals surface area (Å²) in [4.78, 5) is 16.9. The number of amides is 2. The second-order valence-corrected chi connectivity index (χ2v) is 6.58. The van der Waals surface area contributed by atoms with E-state index in [0.717, 1.165) is 17.0 Å². The lowest BCUT2D eigenvalue weighted by Gasteiger charge is -2.28. The normalized spacial score (nSPS) is 22.0. The Balaban J connectivity index is 1.56. The van der Waals surface area contributed by atoms with Crippen LogP contribution in [0, 0.1) is 12.8 Å². The molecule has 1 saturated carbocycles. The van der Waals surface area contributed by atoms with E-state index in [1.807, 2.05) is 6.92 Å². The highest BCUT2D eigenvalue weighted by Gasteiger charge is 2.21. The average Bonchev–Trinajstić information content (AvgIpc) is 2.88. The summed E-state index contributed by atoms with van der Waals surface area (Å²) in [6, 6.07) is -0.150. The molecule has 0 unspecified atom stereocenters. The topological polar surface area (TPSA) is 63.2 Å². The van der Waals surface area contributed by atoms with Crippen molar-refractivity contribution in [3.63, 3.8) is 0 Å². The zero-order valence-electron chi connectivity index (χ0n) is 12.9. The minimum Gasteiger partial charge on any atom is -0.376 e. The molecule has 2 amide bonds. The van der Waals surface area contributed by atoms with Crippen LogP contribution in [0.1, 0.15) is 43.2 Å². The van der Waals surface area contributed by atoms with Crippen LogP contribution in [0.5, 0.6) is 0 Å². The number of nitrogens with zero attached hydrogens (tertiary/aromatic N) is 1. The van der Waals surface area contributed by atoms with E-state index in [0.29, 0.717) is 31.7 Å². The first kappa shape index (κ1) is 16.2. The van der Waals surface area contributed by atoms with Gasteiger partial charge in [-0.05, 0) is 25.7 Å². The van der Waals surface area contributed by atoms with Gasteiger partial charge in [0.1, 0.15) is 0 Å². The van der Waals surface area contributed by atoms with Crippen molar-refractivity contribution in [2.75, 3.05) is 13.2 Å². The maximum absolute atomic E-state index is 11.7. The lowest BCUT2D eigenvalue weighted by atomic mass is 9.88. The number of hydrogen-bond donors (Lipinski definition) is 2. The molecule has 0 spiro atoms. The summed E-state index contributed by atoms with van der Waals surface area (Å²) < 4.78 is 5.86. The minimum absolute atomic E-state index is 0.150. The van der Waals surface area contributed by atoms with E-state index in [-0.39, 0.29) is 6.03 Å². The Bertz CT molecular complexity index is 450. The molecule has 1 aromatic rings. The second kappa shape index (κ2) is 8.34. The third-order valence-electron chi connectivity index (χ3n) is 4.01. The summed E-state index contributed by atoms with van der Waals surface area (Å²) in [5.74, 6) is 0.641. The number of aryl methyl sites for hydroxylation is 1. The highest BCUT2D eigenvalue weighted by atomic mass is 32.1. The van der Waals surface area contributed by atoms with Gasteiger partial charge in [0, 0.05) is 11.4 Å². The van der Waals surface area contributed by atoms with Crippen LogP contribution >= 0.6 is 11.3 Å². The predicted molar refractivity (Wildman–Crippen MR) is 84.5 cm³/mol. The van der Waals surface area contributed by atoms with Crippen LogP contribution in [0.25, 0.3) is 0 Å². The van der Waals surface area contributed by atoms with Crippen molar-refractivity contribution in [1.29, 1.82) is 0 Å². The number of nitrogens with one attached hydrogen (secondary N) is 2. The van der Waals surface area contributed by atoms with Gasteiger partial charge in [0.05, 0.1) is 30.5 Å². The van der Waals surface area contributed by atoms with E-state index in [9.17, 15) is 4.79 Å². The first-order chi connectivity index (χ1) is 10.2. The Hall–Kier alpha value is -1.14. The molecule has 0 radical (unpaired) electrons. The number of carbonyl (C=O) groups excluding carboxylic acids is 1. The van der Waals surface area contributed by atoms with E-state index in [2.05, 4.69) is 22.5 Å². The third-order valence-corrected chi connectivity index (χ3v) is 4.94. The largest absolute Gasteiger partial charge is 0.376 e. The molecule has 5 nitrogen and oxygen atoms in total. The Morgan fingerprint density at radius 1 is 1.43 bits per heavy atom. The SMILES string of the molecule is Cc1ncsc1CNC(=O)NCCO[C@H]1CCCC[C@H]1C. The maximum Gasteiger partial charge on any atom is 0.315 e. The van der Waals surface area contributed by atoms with Gasteiger partial charge in [-0.1, -0.05) is 19.8 Å². The molecular weight excluding hydrogens is 286 g/mol. The number of urea groups is 1. The zero-order chi connectivity index (χ0) is 15.1. The van der Waals surface area contributed by atoms with Gasteiger partial charge in [0.15, 0.2) is 0 Å². The van der Waals surface area contributed by atoms with Crippen molar-refractivity contribution in [3.05, 3.63) is 16.1 Å². The van der Waals surface area contributed by atoms with Gasteiger partial charge in [-0.25, -0.2) is 9.78 Å². The van der Waals surface area contributed by atoms with Crippen LogP contribution in [0.3, 0.4) is 0 Å². The fraction of sp³-hybridized carbons (Fsp3) is 0.733. The quantitative estimate of drug-likeness (QED) is 0.794. The highest BCUT2D eigenvalue weighted by Crippen LogP contribution is 2.25. The van der Waals surface area contributed by atoms with E-state index in [1.165, 1.54) is 19.3 Å². The molecule has 1 aromatic heterocycles. The summed E-state index contributed by atoms with van der Waals surface area (Å²) in [6.07, 6.45) is 5.35. The van der Waals surface area contributed by atoms with E-state index in [1.54, 1.807) is 16.8 Å². The van der Waals surface area contributed by atoms with Gasteiger partial charge in [0.2, 0.25) is 0 Å². The number of rotatable bonds is 6. The molecule has 1 aliphatic rings. The summed E-state index contributed by atoms with van der Waals surface area (Å²) in [7, 11) is 0. The Labute approximate surface area is 130 Å². The fourth-order valence-corrected chi connectivity index (χ4v) is 3.34. The molecule has 1 fully saturated rings. The molecule has 2 atom stereocenters. The molecule has 1 heterocycles. The number of ether oxygens (including phenoxy) is 1. The molecule has 6 heteroatoms. The highest BCUT2D eigenvalue weighted by molar-refractivity contribution is 7.09. The third kappa shape index (κ3) is 5.28. The van der Waals surface area contributed by atoms with Crippen molar-refractivity contribution in [1.82, 2.24) is 15.6 Å². The first-order valence-electron chi connectivity index (χ1n) is 7.69. The Morgan fingerprint density at radius 2 is 2.24 bits per heavy atom. The first-order valence-corrected chi connectivity index (χ1v) is 8.57. The van der Waals surface area contributed by atoms with Crippen molar-refractivity contribution in [2.45, 2.75) is 52.2 Å². The number of aromatic nitrogens is 1. The fourth-order valence-electron chi connectivity index (χ4n) is 2.62. The van der Waals surface area contributed by atoms with Crippen LogP contribution < -0.4 is 10.6 Å². The molecule has 21 heavy (non-hydrogen) atoms. The molecule has 0 aliphatic heterocycles. The molecule has 1 aliphatic carbocycles. The summed E-state index contributed by atoms with van der Waals surface area (Å²) in [5.41, 5.74) is 2.78. The van der Waals surface area contributed by atoms with Gasteiger partial charge in [-0.3, -0.25) is 0 Å². The summed E-state index contributed by atoms with van der Waals surface area (Å²) >= 11 is 1.56. The number of carbonyl (C=O) groups is 1. The van der Waals surface area contributed by atoms with Crippen LogP contribution in [-0.4, -0.2) is 30.3 Å². The molecule has 0 bridgehead atoms. The molecule has 2 N–H and O–H groups in total. The van der Waals surface area contributed by atoms with Crippen LogP contribution in [0.4, 0.5) is 4.79 Å². The molecular formula is C15H25N3O2S. The lowest BCUT2D eigenvalue weighted by molar-refractivity contribution is -0.00243. The number of hydrogen-bond acceptors (Lipinski definition) is 4. The van der Waals surface area contributed by atoms with Gasteiger partial charge < -0.3 is 15.4 Å². The standard InChI is InChI=1S/C15H25N3O2S/c1-11-5-3-4-6-13(11)20-8-7-16-15(19)17-9-14-12(2)18-10-21-14/h10-11,13H,3-9H2,1-2H3,(H2,16,17,19)/t11-,13+/m1/s1. The van der Waals surface area contributed by atoms with E-state index < -0.39 is 0 Å². The predicted octanol–water partition coefficient (Wildman–Crippen LogP) is 2.85. The molecule has 0 saturated heterocycles. The molecule has 2 rings (SSSR count). The minimum atomic E-state index is -0.150. The maximum atomic E-state index is 11.7. The van der Waals surface area contributed by atoms with Crippen molar-refractivity contribution in [2.24, 2.45) is 5.92 Å². The smallest absolute Gasteiger partial charge is 0.315 e. The van der Waals surface area contributed by atoms with Crippen molar-refractivity contribution < 1.29 is 9.53 Å². The lowest BCUT2D eigenvalue weighted by Crippen LogP contribution is -2.38. The monoisotopic (exact) mass is 311 g/mol. The van der Waals surface area contributed by atoms with Crippen LogP contribution in [0.15, 0.2) is 5.51 Å². The summed E-state index contributed by atoms with van der Waals surface area (Å²) in [5, 5.41) is 5.67. The summed E-state index contributed by atoms with van der Waals surface area (Å²) in [6.45, 7) is 5.87. The second-order valence-electron chi connectivity index (χ2n) is 5.64. The van der Waals surface area contributed by atoms with E-state index >= 15 is 0 Å². The Morgan fingerprint density at radius 3 is 2.95 bits per heavy atom. The zero-order valence-corrected chi connectivity index (χ0v) is 13.7. The van der Waals surface area contributed by atoms with Crippen molar-refractivity contribution in [3.8, 4) is 0 Å². The van der Waals surface area contributed by atoms with E-state index in [4.69, 9.17) is 4.74 Å². The van der Waals surface area contributed by atoms with Gasteiger partial charge in [-0.15, -0.1) is 11.3 Å². The Kier molecular flexibility index (Phi) is 6.45. The van der Waals surface area contributed by atoms with Gasteiger partial charge in [0.25, 0.3) is 0 Å². The van der Waals surface area contributed by atoms with Gasteiger partial charge in [-0.2, -0.15) is 0 Å². The van der Waals surface area contributed by atoms with Crippen LogP contribution in [-0.2, 0) is 11.3 Å². The van der Waals surface area contributed by atoms with Gasteiger partial charge >= 0.3 is 6.03 Å². The average molecular weight is 311 g/mol. The van der Waals surface area contributed by atoms with Crippen LogP contribution in [0.2, 0.25) is 0 Å². The molecule has 0 aromatic carbocycles.